The van der Waals surface area contributed by atoms with E-state index in [0.717, 1.165) is 58.9 Å². The highest BCUT2D eigenvalue weighted by Gasteiger charge is 2.22. The largest absolute Gasteiger partial charge is 0.374 e. The van der Waals surface area contributed by atoms with Gasteiger partial charge in [0.25, 0.3) is 0 Å². The maximum atomic E-state index is 12.7. The van der Waals surface area contributed by atoms with E-state index in [4.69, 9.17) is 9.97 Å². The van der Waals surface area contributed by atoms with Crippen LogP contribution >= 0.6 is 0 Å². The van der Waals surface area contributed by atoms with Crippen molar-refractivity contribution in [3.05, 3.63) is 121 Å². The number of amides is 2. The molecule has 1 aliphatic rings. The number of pyridine rings is 1. The van der Waals surface area contributed by atoms with E-state index in [1.807, 2.05) is 119 Å². The standard InChI is InChI=1S/C35H32N8O2/c44-31-16-8-20-42(31)28-14-7-13-27(22-28)38-34-36-18-17-29(40-34)33-32(41-30-15-4-5-19-43(30)33)25-11-6-12-26(21-25)39-35(45)37-23-24-9-2-1-3-10-24/h1-7,9-15,17-19,21-22,31,44H,8,16,20,23H2,(H,36,38,40)(H2,37,39,45). The monoisotopic (exact) mass is 596 g/mol. The summed E-state index contributed by atoms with van der Waals surface area (Å²) < 4.78 is 2.00. The van der Waals surface area contributed by atoms with E-state index in [1.165, 1.54) is 0 Å². The molecule has 1 atom stereocenters. The van der Waals surface area contributed by atoms with E-state index in [1.54, 1.807) is 6.20 Å². The zero-order chi connectivity index (χ0) is 30.6. The van der Waals surface area contributed by atoms with E-state index in [-0.39, 0.29) is 6.03 Å². The van der Waals surface area contributed by atoms with Gasteiger partial charge in [0.15, 0.2) is 0 Å². The van der Waals surface area contributed by atoms with Gasteiger partial charge in [0.05, 0.1) is 17.1 Å². The number of aliphatic hydroxyl groups is 1. The van der Waals surface area contributed by atoms with E-state index in [9.17, 15) is 9.90 Å². The summed E-state index contributed by atoms with van der Waals surface area (Å²) >= 11 is 0. The first-order valence-electron chi connectivity index (χ1n) is 14.9. The number of aliphatic hydroxyl groups excluding tert-OH is 1. The number of hydrogen-bond donors (Lipinski definition) is 4. The summed E-state index contributed by atoms with van der Waals surface area (Å²) in [5.74, 6) is 0.439. The lowest BCUT2D eigenvalue weighted by Crippen LogP contribution is -2.28. The van der Waals surface area contributed by atoms with Gasteiger partial charge < -0.3 is 26.0 Å². The van der Waals surface area contributed by atoms with Crippen molar-refractivity contribution < 1.29 is 9.90 Å². The van der Waals surface area contributed by atoms with Crippen molar-refractivity contribution in [1.82, 2.24) is 24.7 Å². The molecule has 224 valence electrons. The molecule has 1 fully saturated rings. The molecule has 2 amide bonds. The summed E-state index contributed by atoms with van der Waals surface area (Å²) in [5, 5.41) is 19.5. The Labute approximate surface area is 260 Å². The maximum absolute atomic E-state index is 12.7. The van der Waals surface area contributed by atoms with Crippen LogP contribution < -0.4 is 20.9 Å². The van der Waals surface area contributed by atoms with Crippen LogP contribution in [0.3, 0.4) is 0 Å². The molecule has 3 aromatic carbocycles. The molecule has 0 aliphatic carbocycles. The Morgan fingerprint density at radius 2 is 1.73 bits per heavy atom. The van der Waals surface area contributed by atoms with Gasteiger partial charge in [-0.1, -0.05) is 54.6 Å². The van der Waals surface area contributed by atoms with Crippen LogP contribution in [-0.4, -0.2) is 43.3 Å². The number of benzene rings is 3. The van der Waals surface area contributed by atoms with Gasteiger partial charge in [-0.3, -0.25) is 4.40 Å². The second-order valence-electron chi connectivity index (χ2n) is 10.9. The van der Waals surface area contributed by atoms with Crippen molar-refractivity contribution in [2.45, 2.75) is 25.6 Å². The number of hydrogen-bond acceptors (Lipinski definition) is 7. The van der Waals surface area contributed by atoms with Gasteiger partial charge >= 0.3 is 6.03 Å². The van der Waals surface area contributed by atoms with Gasteiger partial charge in [0.1, 0.15) is 11.9 Å². The van der Waals surface area contributed by atoms with Crippen LogP contribution in [0.2, 0.25) is 0 Å². The number of anilines is 4. The number of carbonyl (C=O) groups is 1. The zero-order valence-corrected chi connectivity index (χ0v) is 24.5. The third kappa shape index (κ3) is 6.17. The molecule has 4 heterocycles. The Morgan fingerprint density at radius 1 is 0.889 bits per heavy atom. The van der Waals surface area contributed by atoms with Crippen LogP contribution in [0.5, 0.6) is 0 Å². The molecule has 3 aromatic heterocycles. The molecular formula is C35H32N8O2. The second kappa shape index (κ2) is 12.5. The van der Waals surface area contributed by atoms with Gasteiger partial charge in [0.2, 0.25) is 5.95 Å². The number of nitrogens with one attached hydrogen (secondary N) is 3. The summed E-state index contributed by atoms with van der Waals surface area (Å²) in [5.41, 5.74) is 7.26. The average Bonchev–Trinajstić information content (AvgIpc) is 3.68. The number of urea groups is 1. The number of fused-ring (bicyclic) bond motifs is 1. The van der Waals surface area contributed by atoms with Crippen molar-refractivity contribution in [1.29, 1.82) is 0 Å². The lowest BCUT2D eigenvalue weighted by Gasteiger charge is -2.23. The average molecular weight is 597 g/mol. The molecule has 7 rings (SSSR count). The topological polar surface area (TPSA) is 120 Å². The molecule has 1 aliphatic heterocycles. The Hall–Kier alpha value is -5.74. The smallest absolute Gasteiger partial charge is 0.319 e. The molecule has 45 heavy (non-hydrogen) atoms. The third-order valence-corrected chi connectivity index (χ3v) is 7.77. The molecule has 4 N–H and O–H groups in total. The highest BCUT2D eigenvalue weighted by Crippen LogP contribution is 2.34. The first-order chi connectivity index (χ1) is 22.1. The molecule has 0 bridgehead atoms. The van der Waals surface area contributed by atoms with Crippen LogP contribution in [-0.2, 0) is 6.54 Å². The number of nitrogens with zero attached hydrogens (tertiary/aromatic N) is 5. The predicted octanol–water partition coefficient (Wildman–Crippen LogP) is 6.44. The summed E-state index contributed by atoms with van der Waals surface area (Å²) in [7, 11) is 0. The van der Waals surface area contributed by atoms with Crippen molar-refractivity contribution in [2.75, 3.05) is 22.1 Å². The molecule has 10 nitrogen and oxygen atoms in total. The highest BCUT2D eigenvalue weighted by molar-refractivity contribution is 5.91. The molecule has 1 unspecified atom stereocenters. The molecule has 0 saturated carbocycles. The molecular weight excluding hydrogens is 564 g/mol. The zero-order valence-electron chi connectivity index (χ0n) is 24.5. The third-order valence-electron chi connectivity index (χ3n) is 7.77. The van der Waals surface area contributed by atoms with Crippen molar-refractivity contribution >= 4 is 34.7 Å². The van der Waals surface area contributed by atoms with E-state index in [2.05, 4.69) is 20.9 Å². The quantitative estimate of drug-likeness (QED) is 0.160. The normalized spacial score (nSPS) is 14.4. The Balaban J connectivity index is 1.17. The molecule has 1 saturated heterocycles. The fourth-order valence-electron chi connectivity index (χ4n) is 5.63. The number of rotatable bonds is 8. The van der Waals surface area contributed by atoms with Gasteiger partial charge in [0, 0.05) is 48.1 Å². The van der Waals surface area contributed by atoms with Crippen molar-refractivity contribution in [3.8, 4) is 22.6 Å². The Bertz CT molecular complexity index is 1960. The van der Waals surface area contributed by atoms with E-state index >= 15 is 0 Å². The minimum Gasteiger partial charge on any atom is -0.374 e. The molecule has 0 spiro atoms. The molecule has 6 aromatic rings. The van der Waals surface area contributed by atoms with Crippen LogP contribution in [0.25, 0.3) is 28.3 Å². The Kier molecular flexibility index (Phi) is 7.78. The maximum Gasteiger partial charge on any atom is 0.319 e. The lowest BCUT2D eigenvalue weighted by atomic mass is 10.1. The van der Waals surface area contributed by atoms with Crippen LogP contribution in [0.4, 0.5) is 27.8 Å². The number of aromatic nitrogens is 4. The fraction of sp³-hybridized carbons (Fsp3) is 0.143. The van der Waals surface area contributed by atoms with Crippen molar-refractivity contribution in [3.63, 3.8) is 0 Å². The SMILES string of the molecule is O=C(NCc1ccccc1)Nc1cccc(-c2nc3ccccn3c2-c2ccnc(Nc3cccc(N4CCCC4O)c3)n2)c1. The molecule has 0 radical (unpaired) electrons. The van der Waals surface area contributed by atoms with Crippen molar-refractivity contribution in [2.24, 2.45) is 0 Å². The lowest BCUT2D eigenvalue weighted by molar-refractivity contribution is 0.186. The first kappa shape index (κ1) is 28.1. The van der Waals surface area contributed by atoms with Gasteiger partial charge in [-0.05, 0) is 66.9 Å². The Morgan fingerprint density at radius 3 is 2.60 bits per heavy atom. The summed E-state index contributed by atoms with van der Waals surface area (Å²) in [6.07, 6.45) is 4.95. The molecule has 10 heteroatoms. The van der Waals surface area contributed by atoms with Crippen LogP contribution in [0, 0.1) is 0 Å². The summed E-state index contributed by atoms with van der Waals surface area (Å²) in [4.78, 5) is 29.0. The van der Waals surface area contributed by atoms with Gasteiger partial charge in [-0.2, -0.15) is 0 Å². The highest BCUT2D eigenvalue weighted by atomic mass is 16.3. The fourth-order valence-corrected chi connectivity index (χ4v) is 5.63. The van der Waals surface area contributed by atoms with Gasteiger partial charge in [-0.15, -0.1) is 0 Å². The minimum absolute atomic E-state index is 0.291. The number of imidazole rings is 1. The first-order valence-corrected chi connectivity index (χ1v) is 14.9. The summed E-state index contributed by atoms with van der Waals surface area (Å²) in [6, 6.07) is 32.7. The van der Waals surface area contributed by atoms with Crippen LogP contribution in [0.1, 0.15) is 18.4 Å². The summed E-state index contributed by atoms with van der Waals surface area (Å²) in [6.45, 7) is 1.25. The number of carbonyl (C=O) groups excluding carboxylic acids is 1. The van der Waals surface area contributed by atoms with Gasteiger partial charge in [-0.25, -0.2) is 19.7 Å². The van der Waals surface area contributed by atoms with E-state index in [0.29, 0.717) is 23.9 Å². The van der Waals surface area contributed by atoms with E-state index < -0.39 is 6.23 Å². The minimum atomic E-state index is -0.467. The predicted molar refractivity (Wildman–Crippen MR) is 176 cm³/mol. The second-order valence-corrected chi connectivity index (χ2v) is 10.9. The van der Waals surface area contributed by atoms with Crippen LogP contribution in [0.15, 0.2) is 116 Å².